The fourth-order valence-electron chi connectivity index (χ4n) is 1.84. The molecule has 0 spiro atoms. The van der Waals surface area contributed by atoms with Gasteiger partial charge < -0.3 is 10.4 Å². The number of carbonyl (C=O) groups excluding carboxylic acids is 1. The van der Waals surface area contributed by atoms with E-state index < -0.39 is 5.97 Å². The fraction of sp³-hybridized carbons (Fsp3) is 0.500. The molecule has 0 aromatic rings. The summed E-state index contributed by atoms with van der Waals surface area (Å²) in [5, 5.41) is 11.6. The van der Waals surface area contributed by atoms with Gasteiger partial charge in [0, 0.05) is 12.1 Å². The summed E-state index contributed by atoms with van der Waals surface area (Å²) in [5.41, 5.74) is 0. The predicted octanol–water partition coefficient (Wildman–Crippen LogP) is 1.49. The number of carboxylic acid groups (broad SMARTS) is 1. The van der Waals surface area contributed by atoms with Crippen LogP contribution >= 0.6 is 0 Å². The first-order valence-electron chi connectivity index (χ1n) is 5.46. The molecular weight excluding hydrogens is 206 g/mol. The van der Waals surface area contributed by atoms with Crippen LogP contribution in [0.1, 0.15) is 26.2 Å². The number of allylic oxidation sites excluding steroid dienone is 3. The van der Waals surface area contributed by atoms with Crippen LogP contribution in [0.15, 0.2) is 24.3 Å². The molecule has 16 heavy (non-hydrogen) atoms. The Morgan fingerprint density at radius 3 is 2.62 bits per heavy atom. The molecule has 0 heterocycles. The zero-order chi connectivity index (χ0) is 12.0. The van der Waals surface area contributed by atoms with Gasteiger partial charge in [-0.15, -0.1) is 0 Å². The highest BCUT2D eigenvalue weighted by Gasteiger charge is 2.29. The first-order valence-corrected chi connectivity index (χ1v) is 5.46. The average Bonchev–Trinajstić information content (AvgIpc) is 2.66. The normalized spacial score (nSPS) is 25.3. The second kappa shape index (κ2) is 6.10. The Balaban J connectivity index is 2.34. The maximum atomic E-state index is 11.4. The van der Waals surface area contributed by atoms with Crippen molar-refractivity contribution in [1.29, 1.82) is 0 Å². The lowest BCUT2D eigenvalue weighted by molar-refractivity contribution is -0.141. The molecule has 0 bridgehead atoms. The van der Waals surface area contributed by atoms with Gasteiger partial charge in [-0.1, -0.05) is 18.2 Å². The van der Waals surface area contributed by atoms with E-state index in [1.165, 1.54) is 6.08 Å². The molecule has 0 radical (unpaired) electrons. The van der Waals surface area contributed by atoms with Gasteiger partial charge >= 0.3 is 5.97 Å². The molecule has 88 valence electrons. The van der Waals surface area contributed by atoms with E-state index in [4.69, 9.17) is 5.11 Å². The van der Waals surface area contributed by atoms with Crippen molar-refractivity contribution in [3.05, 3.63) is 24.3 Å². The number of nitrogens with one attached hydrogen (secondary N) is 1. The summed E-state index contributed by atoms with van der Waals surface area (Å²) < 4.78 is 0. The largest absolute Gasteiger partial charge is 0.481 e. The molecule has 2 atom stereocenters. The van der Waals surface area contributed by atoms with E-state index in [9.17, 15) is 9.59 Å². The van der Waals surface area contributed by atoms with E-state index in [1.807, 2.05) is 13.0 Å². The van der Waals surface area contributed by atoms with Crippen molar-refractivity contribution in [2.45, 2.75) is 32.2 Å². The highest BCUT2D eigenvalue weighted by molar-refractivity contribution is 5.88. The number of rotatable bonds is 4. The monoisotopic (exact) mass is 223 g/mol. The molecule has 1 aliphatic carbocycles. The minimum atomic E-state index is -0.763. The van der Waals surface area contributed by atoms with Gasteiger partial charge in [0.15, 0.2) is 0 Å². The second-order valence-corrected chi connectivity index (χ2v) is 3.94. The predicted molar refractivity (Wildman–Crippen MR) is 60.9 cm³/mol. The topological polar surface area (TPSA) is 66.4 Å². The van der Waals surface area contributed by atoms with Crippen LogP contribution in [0.25, 0.3) is 0 Å². The Hall–Kier alpha value is -1.58. The molecular formula is C12H17NO3. The van der Waals surface area contributed by atoms with E-state index in [1.54, 1.807) is 12.2 Å². The molecule has 1 amide bonds. The van der Waals surface area contributed by atoms with Crippen molar-refractivity contribution in [2.75, 3.05) is 0 Å². The van der Waals surface area contributed by atoms with Crippen LogP contribution in [-0.4, -0.2) is 23.0 Å². The summed E-state index contributed by atoms with van der Waals surface area (Å²) in [6.45, 7) is 1.87. The molecule has 1 saturated carbocycles. The van der Waals surface area contributed by atoms with Crippen molar-refractivity contribution in [3.8, 4) is 0 Å². The first-order chi connectivity index (χ1) is 7.63. The van der Waals surface area contributed by atoms with Crippen LogP contribution in [0.4, 0.5) is 0 Å². The Kier molecular flexibility index (Phi) is 4.76. The molecule has 0 aliphatic heterocycles. The Bertz CT molecular complexity index is 320. The highest BCUT2D eigenvalue weighted by Crippen LogP contribution is 2.25. The number of carboxylic acids is 1. The van der Waals surface area contributed by atoms with Crippen LogP contribution < -0.4 is 5.32 Å². The van der Waals surface area contributed by atoms with Crippen LogP contribution in [0, 0.1) is 5.92 Å². The molecule has 1 fully saturated rings. The van der Waals surface area contributed by atoms with Gasteiger partial charge in [0.05, 0.1) is 5.92 Å². The molecule has 4 heteroatoms. The van der Waals surface area contributed by atoms with Crippen molar-refractivity contribution in [2.24, 2.45) is 5.92 Å². The lowest BCUT2D eigenvalue weighted by atomic mass is 10.1. The van der Waals surface area contributed by atoms with Gasteiger partial charge in [-0.2, -0.15) is 0 Å². The van der Waals surface area contributed by atoms with E-state index in [0.29, 0.717) is 12.8 Å². The van der Waals surface area contributed by atoms with Crippen LogP contribution in [0.5, 0.6) is 0 Å². The maximum Gasteiger partial charge on any atom is 0.306 e. The van der Waals surface area contributed by atoms with Crippen molar-refractivity contribution < 1.29 is 14.7 Å². The minimum Gasteiger partial charge on any atom is -0.481 e. The number of hydrogen-bond acceptors (Lipinski definition) is 2. The first kappa shape index (κ1) is 12.5. The Morgan fingerprint density at radius 1 is 1.31 bits per heavy atom. The Labute approximate surface area is 95.0 Å². The quantitative estimate of drug-likeness (QED) is 0.560. The molecule has 2 N–H and O–H groups in total. The number of aliphatic carboxylic acids is 1. The van der Waals surface area contributed by atoms with Gasteiger partial charge in [0.1, 0.15) is 0 Å². The van der Waals surface area contributed by atoms with E-state index in [2.05, 4.69) is 5.32 Å². The zero-order valence-corrected chi connectivity index (χ0v) is 9.35. The number of hydrogen-bond donors (Lipinski definition) is 2. The summed E-state index contributed by atoms with van der Waals surface area (Å²) in [4.78, 5) is 22.1. The third-order valence-corrected chi connectivity index (χ3v) is 2.68. The van der Waals surface area contributed by atoms with Gasteiger partial charge in [0.25, 0.3) is 0 Å². The molecule has 4 nitrogen and oxygen atoms in total. The fourth-order valence-corrected chi connectivity index (χ4v) is 1.84. The van der Waals surface area contributed by atoms with Crippen molar-refractivity contribution >= 4 is 11.9 Å². The molecule has 0 aromatic carbocycles. The summed E-state index contributed by atoms with van der Waals surface area (Å²) >= 11 is 0. The van der Waals surface area contributed by atoms with Gasteiger partial charge in [-0.3, -0.25) is 9.59 Å². The van der Waals surface area contributed by atoms with Gasteiger partial charge in [-0.25, -0.2) is 0 Å². The lowest BCUT2D eigenvalue weighted by Crippen LogP contribution is -2.31. The smallest absolute Gasteiger partial charge is 0.306 e. The zero-order valence-electron chi connectivity index (χ0n) is 9.35. The SMILES string of the molecule is C/C=C/C=C/C(=O)N[C@@H]1CC[C@H](C(=O)O)C1. The second-order valence-electron chi connectivity index (χ2n) is 3.94. The Morgan fingerprint density at radius 2 is 2.06 bits per heavy atom. The number of carbonyl (C=O) groups is 2. The average molecular weight is 223 g/mol. The molecule has 0 saturated heterocycles. The summed E-state index contributed by atoms with van der Waals surface area (Å²) in [5.74, 6) is -1.22. The third kappa shape index (κ3) is 3.88. The van der Waals surface area contributed by atoms with Crippen LogP contribution in [0.3, 0.4) is 0 Å². The lowest BCUT2D eigenvalue weighted by Gasteiger charge is -2.09. The third-order valence-electron chi connectivity index (χ3n) is 2.68. The van der Waals surface area contributed by atoms with Gasteiger partial charge in [0.2, 0.25) is 5.91 Å². The van der Waals surface area contributed by atoms with Crippen molar-refractivity contribution in [1.82, 2.24) is 5.32 Å². The van der Waals surface area contributed by atoms with E-state index in [0.717, 1.165) is 6.42 Å². The molecule has 1 aliphatic rings. The van der Waals surface area contributed by atoms with E-state index >= 15 is 0 Å². The van der Waals surface area contributed by atoms with Crippen LogP contribution in [0.2, 0.25) is 0 Å². The molecule has 0 aromatic heterocycles. The van der Waals surface area contributed by atoms with Gasteiger partial charge in [-0.05, 0) is 26.2 Å². The summed E-state index contributed by atoms with van der Waals surface area (Å²) in [6, 6.07) is 0.00357. The highest BCUT2D eigenvalue weighted by atomic mass is 16.4. The molecule has 1 rings (SSSR count). The minimum absolute atomic E-state index is 0.00357. The van der Waals surface area contributed by atoms with E-state index in [-0.39, 0.29) is 17.9 Å². The summed E-state index contributed by atoms with van der Waals surface area (Å²) in [6.07, 6.45) is 8.67. The summed E-state index contributed by atoms with van der Waals surface area (Å²) in [7, 11) is 0. The van der Waals surface area contributed by atoms with Crippen LogP contribution in [-0.2, 0) is 9.59 Å². The van der Waals surface area contributed by atoms with Crippen molar-refractivity contribution in [3.63, 3.8) is 0 Å². The standard InChI is InChI=1S/C12H17NO3/c1-2-3-4-5-11(14)13-10-7-6-9(8-10)12(15)16/h2-5,9-10H,6-8H2,1H3,(H,13,14)(H,15,16)/b3-2+,5-4+/t9-,10+/m0/s1. The number of amides is 1. The molecule has 0 unspecified atom stereocenters. The maximum absolute atomic E-state index is 11.4.